The molecule has 0 aliphatic carbocycles. The van der Waals surface area contributed by atoms with E-state index in [2.05, 4.69) is 54.7 Å². The van der Waals surface area contributed by atoms with E-state index in [4.69, 9.17) is 11.5 Å². The minimum absolute atomic E-state index is 0.656. The molecule has 8 heteroatoms. The molecule has 0 radical (unpaired) electrons. The highest BCUT2D eigenvalue weighted by molar-refractivity contribution is 5.75. The number of hydrogen-bond acceptors (Lipinski definition) is 6. The third-order valence-corrected chi connectivity index (χ3v) is 5.45. The third-order valence-electron chi connectivity index (χ3n) is 5.45. The number of imidazole rings is 1. The minimum Gasteiger partial charge on any atom is -0.382 e. The number of nitrogens with zero attached hydrogens (tertiary/aromatic N) is 5. The van der Waals surface area contributed by atoms with Crippen molar-refractivity contribution in [3.63, 3.8) is 0 Å². The zero-order valence-electron chi connectivity index (χ0n) is 18.3. The first-order valence-electron chi connectivity index (χ1n) is 11.3. The van der Waals surface area contributed by atoms with Crippen LogP contribution in [0.2, 0.25) is 0 Å². The Hall–Kier alpha value is -2.45. The van der Waals surface area contributed by atoms with Gasteiger partial charge in [0.15, 0.2) is 0 Å². The molecule has 5 N–H and O–H groups in total. The summed E-state index contributed by atoms with van der Waals surface area (Å²) in [6, 6.07) is 6.32. The van der Waals surface area contributed by atoms with Gasteiger partial charge in [0.25, 0.3) is 0 Å². The first-order chi connectivity index (χ1) is 14.8. The molecule has 0 fully saturated rings. The van der Waals surface area contributed by atoms with E-state index in [1.165, 1.54) is 24.9 Å². The van der Waals surface area contributed by atoms with E-state index in [-0.39, 0.29) is 0 Å². The number of azo groups is 1. The molecule has 0 unspecified atom stereocenters. The number of hydrogen-bond donors (Lipinski definition) is 3. The van der Waals surface area contributed by atoms with Gasteiger partial charge in [-0.3, -0.25) is 0 Å². The van der Waals surface area contributed by atoms with Crippen LogP contribution < -0.4 is 26.3 Å². The quantitative estimate of drug-likeness (QED) is 0.282. The second-order valence-corrected chi connectivity index (χ2v) is 7.79. The number of rotatable bonds is 12. The van der Waals surface area contributed by atoms with E-state index in [0.717, 1.165) is 62.9 Å². The van der Waals surface area contributed by atoms with Crippen LogP contribution in [0.1, 0.15) is 39.0 Å². The van der Waals surface area contributed by atoms with Gasteiger partial charge in [-0.05, 0) is 50.6 Å². The average Bonchev–Trinajstić information content (AvgIpc) is 3.16. The molecule has 1 aromatic heterocycles. The van der Waals surface area contributed by atoms with Gasteiger partial charge in [0.2, 0.25) is 0 Å². The highest BCUT2D eigenvalue weighted by Crippen LogP contribution is 2.33. The first kappa shape index (κ1) is 22.2. The van der Waals surface area contributed by atoms with Crippen molar-refractivity contribution in [3.05, 3.63) is 30.6 Å². The predicted molar refractivity (Wildman–Crippen MR) is 123 cm³/mol. The van der Waals surface area contributed by atoms with Crippen molar-refractivity contribution in [3.8, 4) is 0 Å². The zero-order chi connectivity index (χ0) is 21.2. The fourth-order valence-corrected chi connectivity index (χ4v) is 3.78. The standard InChI is InChI=1S/C22H37N8/c1-2-3-4-12-28-15-11-25-20-18-19(7-8-21(20)28)26-27-22-29(13-5-9-23)16-17-30(22)14-6-10-24/h7-8,16-18,25H,2-6,9-15,23-24H2,1H3/q+1. The maximum Gasteiger partial charge on any atom is 0.421 e. The Morgan fingerprint density at radius 1 is 1.07 bits per heavy atom. The fourth-order valence-electron chi connectivity index (χ4n) is 3.78. The fraction of sp³-hybridized carbons (Fsp3) is 0.591. The molecule has 1 aromatic carbocycles. The van der Waals surface area contributed by atoms with Gasteiger partial charge in [0, 0.05) is 24.7 Å². The maximum absolute atomic E-state index is 5.69. The van der Waals surface area contributed by atoms with Crippen molar-refractivity contribution in [1.82, 2.24) is 4.57 Å². The van der Waals surface area contributed by atoms with Gasteiger partial charge in [-0.15, -0.1) is 0 Å². The summed E-state index contributed by atoms with van der Waals surface area (Å²) in [5.41, 5.74) is 14.6. The molecule has 0 amide bonds. The van der Waals surface area contributed by atoms with Crippen molar-refractivity contribution in [2.24, 2.45) is 21.7 Å². The van der Waals surface area contributed by atoms with Crippen molar-refractivity contribution in [2.45, 2.75) is 52.1 Å². The van der Waals surface area contributed by atoms with Crippen LogP contribution in [0, 0.1) is 0 Å². The number of nitrogens with two attached hydrogens (primary N) is 2. The van der Waals surface area contributed by atoms with Crippen molar-refractivity contribution >= 4 is 23.0 Å². The summed E-state index contributed by atoms with van der Waals surface area (Å²) in [4.78, 5) is 2.47. The highest BCUT2D eigenvalue weighted by Gasteiger charge is 2.18. The largest absolute Gasteiger partial charge is 0.421 e. The second kappa shape index (κ2) is 11.7. The summed E-state index contributed by atoms with van der Waals surface area (Å²) in [7, 11) is 0. The average molecular weight is 414 g/mol. The van der Waals surface area contributed by atoms with Gasteiger partial charge in [0.05, 0.1) is 36.9 Å². The first-order valence-corrected chi connectivity index (χ1v) is 11.3. The van der Waals surface area contributed by atoms with Gasteiger partial charge in [-0.25, -0.2) is 9.13 Å². The molecule has 0 spiro atoms. The van der Waals surface area contributed by atoms with Crippen LogP contribution in [0.5, 0.6) is 0 Å². The van der Waals surface area contributed by atoms with E-state index >= 15 is 0 Å². The molecular weight excluding hydrogens is 376 g/mol. The molecule has 0 atom stereocenters. The van der Waals surface area contributed by atoms with E-state index in [9.17, 15) is 0 Å². The molecule has 0 bridgehead atoms. The van der Waals surface area contributed by atoms with Crippen LogP contribution in [0.4, 0.5) is 23.0 Å². The lowest BCUT2D eigenvalue weighted by atomic mass is 10.1. The lowest BCUT2D eigenvalue weighted by Crippen LogP contribution is -2.34. The van der Waals surface area contributed by atoms with Crippen LogP contribution in [0.15, 0.2) is 40.8 Å². The van der Waals surface area contributed by atoms with Crippen LogP contribution in [0.25, 0.3) is 0 Å². The Morgan fingerprint density at radius 3 is 2.73 bits per heavy atom. The number of nitrogens with one attached hydrogen (secondary N) is 1. The van der Waals surface area contributed by atoms with Gasteiger partial charge in [-0.1, -0.05) is 24.9 Å². The summed E-state index contributed by atoms with van der Waals surface area (Å²) in [6.07, 6.45) is 9.66. The molecule has 3 rings (SSSR count). The SMILES string of the molecule is CCCCCN1CCNc2cc(N=Nc3n(CCCN)cc[n+]3CCCN)ccc21. The number of fused-ring (bicyclic) bond motifs is 1. The maximum atomic E-state index is 5.69. The van der Waals surface area contributed by atoms with Gasteiger partial charge in [0.1, 0.15) is 5.69 Å². The van der Waals surface area contributed by atoms with Gasteiger partial charge in [-0.2, -0.15) is 0 Å². The van der Waals surface area contributed by atoms with Gasteiger partial charge >= 0.3 is 5.95 Å². The molecule has 2 aromatic rings. The summed E-state index contributed by atoms with van der Waals surface area (Å²) in [5, 5.41) is 12.7. The monoisotopic (exact) mass is 413 g/mol. The molecule has 0 saturated heterocycles. The normalized spacial score (nSPS) is 13.6. The molecular formula is C22H37N8+. The Labute approximate surface area is 180 Å². The Bertz CT molecular complexity index is 788. The molecule has 2 heterocycles. The summed E-state index contributed by atoms with van der Waals surface area (Å²) in [6.45, 7) is 8.34. The van der Waals surface area contributed by atoms with Crippen LogP contribution >= 0.6 is 0 Å². The minimum atomic E-state index is 0.656. The van der Waals surface area contributed by atoms with Crippen molar-refractivity contribution in [1.29, 1.82) is 0 Å². The molecule has 164 valence electrons. The van der Waals surface area contributed by atoms with E-state index in [1.807, 2.05) is 12.4 Å². The van der Waals surface area contributed by atoms with E-state index in [1.54, 1.807) is 0 Å². The third kappa shape index (κ3) is 5.79. The van der Waals surface area contributed by atoms with Crippen molar-refractivity contribution in [2.75, 3.05) is 42.9 Å². The Balaban J connectivity index is 1.77. The number of anilines is 2. The Morgan fingerprint density at radius 2 is 1.93 bits per heavy atom. The molecule has 1 aliphatic rings. The summed E-state index contributed by atoms with van der Waals surface area (Å²) < 4.78 is 4.22. The Kier molecular flexibility index (Phi) is 8.65. The number of benzene rings is 1. The lowest BCUT2D eigenvalue weighted by molar-refractivity contribution is -0.683. The van der Waals surface area contributed by atoms with Crippen LogP contribution in [-0.2, 0) is 13.1 Å². The van der Waals surface area contributed by atoms with Crippen molar-refractivity contribution < 1.29 is 4.57 Å². The highest BCUT2D eigenvalue weighted by atomic mass is 15.3. The predicted octanol–water partition coefficient (Wildman–Crippen LogP) is 3.31. The number of aryl methyl sites for hydroxylation is 2. The van der Waals surface area contributed by atoms with Crippen LogP contribution in [0.3, 0.4) is 0 Å². The summed E-state index contributed by atoms with van der Waals surface area (Å²) in [5.74, 6) is 0.837. The lowest BCUT2D eigenvalue weighted by Gasteiger charge is -2.32. The second-order valence-electron chi connectivity index (χ2n) is 7.79. The molecule has 8 nitrogen and oxygen atoms in total. The van der Waals surface area contributed by atoms with E-state index < -0.39 is 0 Å². The molecule has 1 aliphatic heterocycles. The molecule has 0 saturated carbocycles. The van der Waals surface area contributed by atoms with E-state index in [0.29, 0.717) is 13.1 Å². The smallest absolute Gasteiger partial charge is 0.382 e. The number of unbranched alkanes of at least 4 members (excludes halogenated alkanes) is 2. The number of aromatic nitrogens is 2. The topological polar surface area (TPSA) is 101 Å². The van der Waals surface area contributed by atoms with Crippen LogP contribution in [-0.4, -0.2) is 37.3 Å². The molecule has 30 heavy (non-hydrogen) atoms. The zero-order valence-corrected chi connectivity index (χ0v) is 18.3. The van der Waals surface area contributed by atoms with Gasteiger partial charge < -0.3 is 21.7 Å². The summed E-state index contributed by atoms with van der Waals surface area (Å²) >= 11 is 0.